The molecule has 0 saturated carbocycles. The lowest BCUT2D eigenvalue weighted by Gasteiger charge is -2.06. The van der Waals surface area contributed by atoms with Gasteiger partial charge in [-0.3, -0.25) is 4.79 Å². The summed E-state index contributed by atoms with van der Waals surface area (Å²) in [6.07, 6.45) is 0. The Morgan fingerprint density at radius 2 is 1.94 bits per heavy atom. The maximum Gasteiger partial charge on any atom is 0.255 e. The van der Waals surface area contributed by atoms with E-state index >= 15 is 0 Å². The monoisotopic (exact) mass is 253 g/mol. The zero-order valence-corrected chi connectivity index (χ0v) is 10.4. The molecule has 0 amide bonds. The summed E-state index contributed by atoms with van der Waals surface area (Å²) in [5.74, 6) is 0. The molecule has 2 nitrogen and oxygen atoms in total. The van der Waals surface area contributed by atoms with Gasteiger partial charge in [0.15, 0.2) is 0 Å². The van der Waals surface area contributed by atoms with Crippen LogP contribution in [-0.4, -0.2) is 10.2 Å². The van der Waals surface area contributed by atoms with Crippen LogP contribution in [0.5, 0.6) is 0 Å². The standard InChI is InChI=1S/C12H9Cl2NO/c1-6-3-7(2)10-8(4-6)5-9(12(14)16)11(13)15-10/h3-5H,1-2H3. The molecule has 0 aliphatic rings. The number of benzene rings is 1. The highest BCUT2D eigenvalue weighted by molar-refractivity contribution is 6.68. The van der Waals surface area contributed by atoms with Gasteiger partial charge in [-0.1, -0.05) is 23.2 Å². The molecule has 2 rings (SSSR count). The van der Waals surface area contributed by atoms with Gasteiger partial charge >= 0.3 is 0 Å². The molecule has 1 aromatic heterocycles. The molecule has 0 radical (unpaired) electrons. The van der Waals surface area contributed by atoms with Crippen molar-refractivity contribution in [3.05, 3.63) is 40.0 Å². The Kier molecular flexibility index (Phi) is 2.87. The maximum absolute atomic E-state index is 11.1. The zero-order valence-electron chi connectivity index (χ0n) is 8.84. The van der Waals surface area contributed by atoms with Crippen molar-refractivity contribution in [2.75, 3.05) is 0 Å². The molecule has 16 heavy (non-hydrogen) atoms. The quantitative estimate of drug-likeness (QED) is 0.570. The Bertz CT molecular complexity index is 593. The molecule has 0 saturated heterocycles. The van der Waals surface area contributed by atoms with Crippen LogP contribution < -0.4 is 0 Å². The molecular formula is C12H9Cl2NO. The van der Waals surface area contributed by atoms with Crippen molar-refractivity contribution in [1.29, 1.82) is 0 Å². The number of nitrogens with zero attached hydrogens (tertiary/aromatic N) is 1. The van der Waals surface area contributed by atoms with Crippen LogP contribution in [0, 0.1) is 13.8 Å². The lowest BCUT2D eigenvalue weighted by Crippen LogP contribution is -1.95. The summed E-state index contributed by atoms with van der Waals surface area (Å²) in [6.45, 7) is 3.95. The summed E-state index contributed by atoms with van der Waals surface area (Å²) in [5, 5.41) is 0.448. The average molecular weight is 254 g/mol. The first-order valence-electron chi connectivity index (χ1n) is 4.76. The predicted molar refractivity (Wildman–Crippen MR) is 66.4 cm³/mol. The van der Waals surface area contributed by atoms with Crippen molar-refractivity contribution in [3.63, 3.8) is 0 Å². The number of halogens is 2. The van der Waals surface area contributed by atoms with E-state index in [9.17, 15) is 4.79 Å². The number of hydrogen-bond donors (Lipinski definition) is 0. The summed E-state index contributed by atoms with van der Waals surface area (Å²) in [7, 11) is 0. The van der Waals surface area contributed by atoms with Crippen molar-refractivity contribution in [1.82, 2.24) is 4.98 Å². The van der Waals surface area contributed by atoms with E-state index in [0.29, 0.717) is 0 Å². The molecule has 4 heteroatoms. The SMILES string of the molecule is Cc1cc(C)c2nc(Cl)c(C(=O)Cl)cc2c1. The third kappa shape index (κ3) is 1.91. The number of hydrogen-bond acceptors (Lipinski definition) is 2. The van der Waals surface area contributed by atoms with Crippen molar-refractivity contribution in [3.8, 4) is 0 Å². The molecule has 0 N–H and O–H groups in total. The normalized spacial score (nSPS) is 10.8. The molecule has 0 atom stereocenters. The molecular weight excluding hydrogens is 245 g/mol. The molecule has 0 spiro atoms. The maximum atomic E-state index is 11.1. The van der Waals surface area contributed by atoms with Gasteiger partial charge in [-0.25, -0.2) is 4.98 Å². The molecule has 0 aliphatic carbocycles. The van der Waals surface area contributed by atoms with Gasteiger partial charge in [0.25, 0.3) is 5.24 Å². The number of aryl methyl sites for hydroxylation is 2. The number of rotatable bonds is 1. The first-order valence-corrected chi connectivity index (χ1v) is 5.52. The predicted octanol–water partition coefficient (Wildman–Crippen LogP) is 3.88. The van der Waals surface area contributed by atoms with Gasteiger partial charge in [-0.15, -0.1) is 0 Å². The fraction of sp³-hybridized carbons (Fsp3) is 0.167. The van der Waals surface area contributed by atoms with Crippen LogP contribution in [0.1, 0.15) is 21.5 Å². The van der Waals surface area contributed by atoms with E-state index in [-0.39, 0.29) is 10.7 Å². The second-order valence-electron chi connectivity index (χ2n) is 3.75. The van der Waals surface area contributed by atoms with E-state index in [4.69, 9.17) is 23.2 Å². The van der Waals surface area contributed by atoms with Crippen molar-refractivity contribution >= 4 is 39.3 Å². The van der Waals surface area contributed by atoms with E-state index in [1.807, 2.05) is 26.0 Å². The van der Waals surface area contributed by atoms with Crippen LogP contribution in [0.3, 0.4) is 0 Å². The van der Waals surface area contributed by atoms with Crippen LogP contribution in [0.4, 0.5) is 0 Å². The Balaban J connectivity index is 2.84. The van der Waals surface area contributed by atoms with E-state index in [1.54, 1.807) is 6.07 Å². The summed E-state index contributed by atoms with van der Waals surface area (Å²) in [6, 6.07) is 5.66. The Morgan fingerprint density at radius 3 is 2.56 bits per heavy atom. The van der Waals surface area contributed by atoms with E-state index in [0.717, 1.165) is 22.0 Å². The minimum absolute atomic E-state index is 0.152. The van der Waals surface area contributed by atoms with Gasteiger partial charge in [0.05, 0.1) is 11.1 Å². The summed E-state index contributed by atoms with van der Waals surface area (Å²) in [4.78, 5) is 15.3. The number of carbonyl (C=O) groups is 1. The van der Waals surface area contributed by atoms with Crippen LogP contribution in [-0.2, 0) is 0 Å². The molecule has 0 fully saturated rings. The molecule has 1 aromatic carbocycles. The average Bonchev–Trinajstić information content (AvgIpc) is 2.18. The third-order valence-corrected chi connectivity index (χ3v) is 2.91. The van der Waals surface area contributed by atoms with Gasteiger partial charge in [-0.2, -0.15) is 0 Å². The lowest BCUT2D eigenvalue weighted by atomic mass is 10.1. The fourth-order valence-corrected chi connectivity index (χ4v) is 2.18. The van der Waals surface area contributed by atoms with E-state index < -0.39 is 5.24 Å². The van der Waals surface area contributed by atoms with Crippen LogP contribution in [0.25, 0.3) is 10.9 Å². The third-order valence-electron chi connectivity index (χ3n) is 2.42. The molecule has 82 valence electrons. The summed E-state index contributed by atoms with van der Waals surface area (Å²) in [5.41, 5.74) is 3.20. The highest BCUT2D eigenvalue weighted by Crippen LogP contribution is 2.25. The Morgan fingerprint density at radius 1 is 1.25 bits per heavy atom. The van der Waals surface area contributed by atoms with Crippen LogP contribution >= 0.6 is 23.2 Å². The largest absolute Gasteiger partial charge is 0.275 e. The first kappa shape index (κ1) is 11.4. The highest BCUT2D eigenvalue weighted by atomic mass is 35.5. The van der Waals surface area contributed by atoms with Crippen molar-refractivity contribution < 1.29 is 4.79 Å². The Labute approximate surface area is 103 Å². The minimum Gasteiger partial charge on any atom is -0.275 e. The smallest absolute Gasteiger partial charge is 0.255 e. The lowest BCUT2D eigenvalue weighted by molar-refractivity contribution is 0.108. The molecule has 2 aromatic rings. The first-order chi connectivity index (χ1) is 7.49. The second kappa shape index (κ2) is 4.04. The minimum atomic E-state index is -0.585. The molecule has 0 aliphatic heterocycles. The van der Waals surface area contributed by atoms with Gasteiger partial charge in [0.1, 0.15) is 5.15 Å². The second-order valence-corrected chi connectivity index (χ2v) is 4.46. The number of aromatic nitrogens is 1. The molecule has 0 bridgehead atoms. The Hall–Kier alpha value is -1.12. The number of carbonyl (C=O) groups excluding carboxylic acids is 1. The molecule has 0 unspecified atom stereocenters. The van der Waals surface area contributed by atoms with E-state index in [1.165, 1.54) is 0 Å². The van der Waals surface area contributed by atoms with Gasteiger partial charge in [-0.05, 0) is 43.1 Å². The van der Waals surface area contributed by atoms with E-state index in [2.05, 4.69) is 4.98 Å². The van der Waals surface area contributed by atoms with Crippen molar-refractivity contribution in [2.24, 2.45) is 0 Å². The van der Waals surface area contributed by atoms with Crippen molar-refractivity contribution in [2.45, 2.75) is 13.8 Å². The fourth-order valence-electron chi connectivity index (χ4n) is 1.77. The number of fused-ring (bicyclic) bond motifs is 1. The summed E-state index contributed by atoms with van der Waals surface area (Å²) >= 11 is 11.3. The van der Waals surface area contributed by atoms with Gasteiger partial charge in [0, 0.05) is 5.39 Å². The summed E-state index contributed by atoms with van der Waals surface area (Å²) < 4.78 is 0. The van der Waals surface area contributed by atoms with Gasteiger partial charge < -0.3 is 0 Å². The highest BCUT2D eigenvalue weighted by Gasteiger charge is 2.11. The number of pyridine rings is 1. The van der Waals surface area contributed by atoms with Crippen LogP contribution in [0.15, 0.2) is 18.2 Å². The van der Waals surface area contributed by atoms with Crippen LogP contribution in [0.2, 0.25) is 5.15 Å². The van der Waals surface area contributed by atoms with Gasteiger partial charge in [0.2, 0.25) is 0 Å². The topological polar surface area (TPSA) is 30.0 Å². The molecule has 1 heterocycles. The zero-order chi connectivity index (χ0) is 11.9.